The number of para-hydroxylation sites is 1. The second-order valence-corrected chi connectivity index (χ2v) is 5.43. The largest absolute Gasteiger partial charge is 0.441 e. The van der Waals surface area contributed by atoms with Crippen LogP contribution in [0.5, 0.6) is 0 Å². The van der Waals surface area contributed by atoms with Crippen molar-refractivity contribution in [2.45, 2.75) is 17.3 Å². The molecule has 0 heterocycles. The second-order valence-electron chi connectivity index (χ2n) is 3.13. The first-order valence-corrected chi connectivity index (χ1v) is 6.56. The van der Waals surface area contributed by atoms with Gasteiger partial charge in [-0.1, -0.05) is 23.9 Å². The number of hydrogen-bond acceptors (Lipinski definition) is 3. The molecule has 0 radical (unpaired) electrons. The first-order valence-electron chi connectivity index (χ1n) is 4.59. The third-order valence-corrected chi connectivity index (χ3v) is 3.96. The van der Waals surface area contributed by atoms with E-state index < -0.39 is 5.51 Å². The summed E-state index contributed by atoms with van der Waals surface area (Å²) in [4.78, 5) is 0.850. The number of nitrogen functional groups attached to an aromatic ring is 1. The van der Waals surface area contributed by atoms with E-state index >= 15 is 0 Å². The highest BCUT2D eigenvalue weighted by molar-refractivity contribution is 8.03. The van der Waals surface area contributed by atoms with E-state index in [0.29, 0.717) is 11.4 Å². The molecule has 90 valence electrons. The zero-order chi connectivity index (χ0) is 12.2. The quantitative estimate of drug-likeness (QED) is 0.508. The van der Waals surface area contributed by atoms with Gasteiger partial charge in [0.1, 0.15) is 0 Å². The summed E-state index contributed by atoms with van der Waals surface area (Å²) in [6.07, 6.45) is 0. The average molecular weight is 267 g/mol. The normalized spacial score (nSPS) is 11.8. The summed E-state index contributed by atoms with van der Waals surface area (Å²) in [5, 5.41) is 0. The number of rotatable bonds is 4. The molecule has 0 aromatic heterocycles. The number of nitrogens with two attached hydrogens (primary N) is 1. The van der Waals surface area contributed by atoms with Crippen molar-refractivity contribution in [3.05, 3.63) is 23.8 Å². The number of alkyl halides is 3. The van der Waals surface area contributed by atoms with Gasteiger partial charge in [-0.25, -0.2) is 0 Å². The Morgan fingerprint density at radius 3 is 2.56 bits per heavy atom. The van der Waals surface area contributed by atoms with Crippen LogP contribution in [0.4, 0.5) is 18.9 Å². The summed E-state index contributed by atoms with van der Waals surface area (Å²) in [6.45, 7) is 1.88. The Kier molecular flexibility index (Phi) is 4.86. The molecular formula is C10H12F3NS2. The Bertz CT molecular complexity index is 352. The second kappa shape index (κ2) is 5.72. The molecular weight excluding hydrogens is 255 g/mol. The van der Waals surface area contributed by atoms with Gasteiger partial charge in [0.2, 0.25) is 0 Å². The third-order valence-electron chi connectivity index (χ3n) is 1.89. The molecule has 0 bridgehead atoms. The average Bonchev–Trinajstić information content (AvgIpc) is 2.17. The van der Waals surface area contributed by atoms with Crippen LogP contribution in [0, 0.1) is 6.92 Å². The van der Waals surface area contributed by atoms with Crippen molar-refractivity contribution < 1.29 is 13.2 Å². The molecule has 1 rings (SSSR count). The maximum Gasteiger partial charge on any atom is 0.441 e. The lowest BCUT2D eigenvalue weighted by atomic mass is 10.2. The minimum atomic E-state index is -4.14. The molecule has 0 atom stereocenters. The molecule has 0 saturated heterocycles. The summed E-state index contributed by atoms with van der Waals surface area (Å²) < 4.78 is 35.6. The number of aryl methyl sites for hydroxylation is 1. The molecule has 0 aliphatic carbocycles. The fraction of sp³-hybridized carbons (Fsp3) is 0.400. The molecule has 1 aromatic carbocycles. The highest BCUT2D eigenvalue weighted by Crippen LogP contribution is 2.33. The van der Waals surface area contributed by atoms with Gasteiger partial charge in [-0.05, 0) is 18.6 Å². The van der Waals surface area contributed by atoms with Gasteiger partial charge in [0.05, 0.1) is 0 Å². The van der Waals surface area contributed by atoms with Crippen molar-refractivity contribution >= 4 is 29.2 Å². The molecule has 0 amide bonds. The Labute approximate surface area is 101 Å². The molecule has 0 unspecified atom stereocenters. The summed E-state index contributed by atoms with van der Waals surface area (Å²) in [7, 11) is 0. The smallest absolute Gasteiger partial charge is 0.398 e. The van der Waals surface area contributed by atoms with Gasteiger partial charge in [-0.2, -0.15) is 13.2 Å². The third kappa shape index (κ3) is 4.57. The minimum absolute atomic E-state index is 0.00122. The molecule has 2 N–H and O–H groups in total. The monoisotopic (exact) mass is 267 g/mol. The lowest BCUT2D eigenvalue weighted by Crippen LogP contribution is -2.02. The number of hydrogen-bond donors (Lipinski definition) is 1. The van der Waals surface area contributed by atoms with E-state index in [1.54, 1.807) is 0 Å². The molecule has 0 spiro atoms. The lowest BCUT2D eigenvalue weighted by molar-refractivity contribution is -0.0326. The van der Waals surface area contributed by atoms with E-state index in [1.807, 2.05) is 25.1 Å². The van der Waals surface area contributed by atoms with Crippen LogP contribution in [0.3, 0.4) is 0 Å². The SMILES string of the molecule is Cc1cccc(SCCSC(F)(F)F)c1N. The van der Waals surface area contributed by atoms with Gasteiger partial charge in [0, 0.05) is 22.1 Å². The predicted molar refractivity (Wildman–Crippen MR) is 64.8 cm³/mol. The molecule has 6 heteroatoms. The van der Waals surface area contributed by atoms with Gasteiger partial charge in [-0.15, -0.1) is 11.8 Å². The van der Waals surface area contributed by atoms with Crippen molar-refractivity contribution in [2.75, 3.05) is 17.2 Å². The van der Waals surface area contributed by atoms with E-state index in [1.165, 1.54) is 11.8 Å². The van der Waals surface area contributed by atoms with E-state index in [4.69, 9.17) is 5.73 Å². The van der Waals surface area contributed by atoms with Crippen molar-refractivity contribution in [3.8, 4) is 0 Å². The van der Waals surface area contributed by atoms with Crippen LogP contribution in [0.1, 0.15) is 5.56 Å². The van der Waals surface area contributed by atoms with Crippen LogP contribution in [0.25, 0.3) is 0 Å². The van der Waals surface area contributed by atoms with Gasteiger partial charge in [-0.3, -0.25) is 0 Å². The summed E-state index contributed by atoms with van der Waals surface area (Å²) in [6, 6.07) is 5.56. The van der Waals surface area contributed by atoms with Gasteiger partial charge in [0.15, 0.2) is 0 Å². The zero-order valence-corrected chi connectivity index (χ0v) is 10.3. The molecule has 0 aliphatic heterocycles. The van der Waals surface area contributed by atoms with Crippen molar-refractivity contribution in [3.63, 3.8) is 0 Å². The van der Waals surface area contributed by atoms with E-state index in [0.717, 1.165) is 10.5 Å². The molecule has 16 heavy (non-hydrogen) atoms. The highest BCUT2D eigenvalue weighted by atomic mass is 32.2. The Hall–Kier alpha value is -0.490. The van der Waals surface area contributed by atoms with E-state index in [-0.39, 0.29) is 17.5 Å². The zero-order valence-electron chi connectivity index (χ0n) is 8.67. The van der Waals surface area contributed by atoms with Crippen LogP contribution in [0.2, 0.25) is 0 Å². The Morgan fingerprint density at radius 2 is 1.94 bits per heavy atom. The number of benzene rings is 1. The Balaban J connectivity index is 2.41. The number of halogens is 3. The topological polar surface area (TPSA) is 26.0 Å². The first-order chi connectivity index (χ1) is 7.40. The molecule has 1 aromatic rings. The molecule has 0 aliphatic rings. The van der Waals surface area contributed by atoms with Gasteiger partial charge < -0.3 is 5.73 Å². The molecule has 0 saturated carbocycles. The summed E-state index contributed by atoms with van der Waals surface area (Å²) >= 11 is 1.36. The molecule has 1 nitrogen and oxygen atoms in total. The maximum atomic E-state index is 11.9. The van der Waals surface area contributed by atoms with Crippen molar-refractivity contribution in [1.29, 1.82) is 0 Å². The van der Waals surface area contributed by atoms with Crippen LogP contribution in [-0.4, -0.2) is 17.0 Å². The van der Waals surface area contributed by atoms with E-state index in [9.17, 15) is 13.2 Å². The van der Waals surface area contributed by atoms with E-state index in [2.05, 4.69) is 0 Å². The number of thioether (sulfide) groups is 2. The van der Waals surface area contributed by atoms with Crippen LogP contribution in [0.15, 0.2) is 23.1 Å². The Morgan fingerprint density at radius 1 is 1.25 bits per heavy atom. The van der Waals surface area contributed by atoms with Crippen molar-refractivity contribution in [2.24, 2.45) is 0 Å². The predicted octanol–water partition coefficient (Wildman–Crippen LogP) is 3.92. The highest BCUT2D eigenvalue weighted by Gasteiger charge is 2.27. The van der Waals surface area contributed by atoms with Crippen LogP contribution >= 0.6 is 23.5 Å². The maximum absolute atomic E-state index is 11.9. The fourth-order valence-electron chi connectivity index (χ4n) is 1.09. The molecule has 0 fully saturated rings. The lowest BCUT2D eigenvalue weighted by Gasteiger charge is -2.08. The number of anilines is 1. The summed E-state index contributed by atoms with van der Waals surface area (Å²) in [5.74, 6) is 0.444. The summed E-state index contributed by atoms with van der Waals surface area (Å²) in [5.41, 5.74) is 3.27. The van der Waals surface area contributed by atoms with Crippen LogP contribution in [-0.2, 0) is 0 Å². The van der Waals surface area contributed by atoms with Crippen molar-refractivity contribution in [1.82, 2.24) is 0 Å². The van der Waals surface area contributed by atoms with Crippen LogP contribution < -0.4 is 5.73 Å². The van der Waals surface area contributed by atoms with Gasteiger partial charge >= 0.3 is 5.51 Å². The standard InChI is InChI=1S/C10H12F3NS2/c1-7-3-2-4-8(9(7)14)15-5-6-16-10(11,12)13/h2-4H,5-6,14H2,1H3. The van der Waals surface area contributed by atoms with Gasteiger partial charge in [0.25, 0.3) is 0 Å². The minimum Gasteiger partial charge on any atom is -0.398 e. The fourth-order valence-corrected chi connectivity index (χ4v) is 2.70. The first kappa shape index (κ1) is 13.6.